The van der Waals surface area contributed by atoms with E-state index in [1.165, 1.54) is 104 Å². The van der Waals surface area contributed by atoms with Crippen molar-refractivity contribution in [1.29, 1.82) is 0 Å². The average molecular weight is 1200 g/mol. The van der Waals surface area contributed by atoms with E-state index in [2.05, 4.69) is 334 Å². The molecule has 0 saturated heterocycles. The van der Waals surface area contributed by atoms with Crippen LogP contribution < -0.4 is 0 Å². The van der Waals surface area contributed by atoms with Crippen LogP contribution in [0.4, 0.5) is 0 Å². The number of rotatable bonds is 9. The zero-order chi connectivity index (χ0) is 62.1. The van der Waals surface area contributed by atoms with E-state index in [4.69, 9.17) is 9.97 Å². The first kappa shape index (κ1) is 54.3. The van der Waals surface area contributed by atoms with Gasteiger partial charge in [-0.25, -0.2) is 9.97 Å². The number of nitrogens with zero attached hydrogens (tertiary/aromatic N) is 6. The first-order chi connectivity index (χ1) is 46.6. The predicted molar refractivity (Wildman–Crippen MR) is 393 cm³/mol. The summed E-state index contributed by atoms with van der Waals surface area (Å²) in [6, 6.07) is 126. The molecular formula is C88H58N6. The normalized spacial score (nSPS) is 11.6. The van der Waals surface area contributed by atoms with E-state index in [9.17, 15) is 0 Å². The minimum Gasteiger partial charge on any atom is -0.309 e. The maximum atomic E-state index is 4.98. The van der Waals surface area contributed by atoms with E-state index in [-0.39, 0.29) is 0 Å². The highest BCUT2D eigenvalue weighted by atomic mass is 15.0. The Morgan fingerprint density at radius 1 is 0.160 bits per heavy atom. The molecule has 0 spiro atoms. The maximum Gasteiger partial charge on any atom is 0.160 e. The molecule has 0 saturated carbocycles. The molecule has 94 heavy (non-hydrogen) atoms. The van der Waals surface area contributed by atoms with Gasteiger partial charge in [-0.05, 0) is 119 Å². The Balaban J connectivity index is 0.000000140. The highest BCUT2D eigenvalue weighted by molar-refractivity contribution is 6.12. The van der Waals surface area contributed by atoms with E-state index >= 15 is 0 Å². The SMILES string of the molecule is c1ccc(-c2cc(-c3ccc(-c4ccc(-n5c6ccccc6c6ccccc65)cc4)cc3)nc(-c3ccccc3)n2)cc1.c1ccc2c(c1)c1ccccc1n2-c1ccc(-c2cc(-n3c4ccccc4c4ccccc43)cc(-n3c4ccccc4c4ccccc43)c2)cc1. The van der Waals surface area contributed by atoms with E-state index in [0.29, 0.717) is 0 Å². The molecule has 0 atom stereocenters. The highest BCUT2D eigenvalue weighted by Crippen LogP contribution is 2.40. The van der Waals surface area contributed by atoms with Crippen molar-refractivity contribution < 1.29 is 0 Å². The van der Waals surface area contributed by atoms with Gasteiger partial charge in [0.1, 0.15) is 0 Å². The Morgan fingerprint density at radius 3 is 0.713 bits per heavy atom. The fourth-order valence-corrected chi connectivity index (χ4v) is 14.3. The second kappa shape index (κ2) is 22.7. The number of aromatic nitrogens is 6. The van der Waals surface area contributed by atoms with Crippen molar-refractivity contribution in [3.8, 4) is 78.9 Å². The van der Waals surface area contributed by atoms with Crippen molar-refractivity contribution in [3.63, 3.8) is 0 Å². The summed E-state index contributed by atoms with van der Waals surface area (Å²) in [5, 5.41) is 10.1. The molecule has 0 aliphatic rings. The summed E-state index contributed by atoms with van der Waals surface area (Å²) in [6.45, 7) is 0. The van der Waals surface area contributed by atoms with Gasteiger partial charge in [-0.3, -0.25) is 0 Å². The lowest BCUT2D eigenvalue weighted by atomic mass is 10.0. The molecule has 5 aromatic heterocycles. The highest BCUT2D eigenvalue weighted by Gasteiger charge is 2.20. The molecule has 0 bridgehead atoms. The molecule has 14 aromatic carbocycles. The van der Waals surface area contributed by atoms with Crippen LogP contribution in [0, 0.1) is 0 Å². The lowest BCUT2D eigenvalue weighted by molar-refractivity contribution is 1.13. The van der Waals surface area contributed by atoms with Gasteiger partial charge in [-0.15, -0.1) is 0 Å². The molecule has 0 amide bonds. The fraction of sp³-hybridized carbons (Fsp3) is 0. The van der Waals surface area contributed by atoms with Gasteiger partial charge in [-0.2, -0.15) is 0 Å². The van der Waals surface area contributed by atoms with Crippen LogP contribution in [0.25, 0.3) is 166 Å². The Labute approximate surface area is 543 Å². The summed E-state index contributed by atoms with van der Waals surface area (Å²) in [5.41, 5.74) is 23.9. The van der Waals surface area contributed by atoms with Gasteiger partial charge in [0.15, 0.2) is 5.82 Å². The minimum atomic E-state index is 0.724. The van der Waals surface area contributed by atoms with Crippen LogP contribution in [0.15, 0.2) is 352 Å². The van der Waals surface area contributed by atoms with Crippen LogP contribution in [0.2, 0.25) is 0 Å². The van der Waals surface area contributed by atoms with Crippen molar-refractivity contribution in [3.05, 3.63) is 352 Å². The molecule has 0 aliphatic heterocycles. The molecule has 6 heteroatoms. The molecule has 0 unspecified atom stereocenters. The second-order valence-electron chi connectivity index (χ2n) is 24.1. The summed E-state index contributed by atoms with van der Waals surface area (Å²) >= 11 is 0. The first-order valence-corrected chi connectivity index (χ1v) is 32.0. The molecule has 0 radical (unpaired) electrons. The second-order valence-corrected chi connectivity index (χ2v) is 24.1. The van der Waals surface area contributed by atoms with Gasteiger partial charge in [0, 0.05) is 82.5 Å². The van der Waals surface area contributed by atoms with Gasteiger partial charge in [0.05, 0.1) is 55.5 Å². The maximum absolute atomic E-state index is 4.98. The lowest BCUT2D eigenvalue weighted by Crippen LogP contribution is -2.00. The van der Waals surface area contributed by atoms with Crippen molar-refractivity contribution in [2.24, 2.45) is 0 Å². The number of fused-ring (bicyclic) bond motifs is 12. The van der Waals surface area contributed by atoms with Gasteiger partial charge < -0.3 is 18.3 Å². The van der Waals surface area contributed by atoms with Gasteiger partial charge >= 0.3 is 0 Å². The number of hydrogen-bond acceptors (Lipinski definition) is 2. The first-order valence-electron chi connectivity index (χ1n) is 32.0. The summed E-state index contributed by atoms with van der Waals surface area (Å²) in [6.07, 6.45) is 0. The molecule has 0 fully saturated rings. The Kier molecular flexibility index (Phi) is 13.1. The summed E-state index contributed by atoms with van der Waals surface area (Å²) in [5.74, 6) is 0.724. The predicted octanol–water partition coefficient (Wildman–Crippen LogP) is 22.9. The smallest absolute Gasteiger partial charge is 0.160 e. The van der Waals surface area contributed by atoms with Gasteiger partial charge in [-0.1, -0.05) is 255 Å². The fourth-order valence-electron chi connectivity index (χ4n) is 14.3. The Morgan fingerprint density at radius 2 is 0.394 bits per heavy atom. The van der Waals surface area contributed by atoms with Crippen LogP contribution in [0.3, 0.4) is 0 Å². The zero-order valence-electron chi connectivity index (χ0n) is 51.2. The van der Waals surface area contributed by atoms with Crippen molar-refractivity contribution >= 4 is 87.2 Å². The van der Waals surface area contributed by atoms with E-state index < -0.39 is 0 Å². The molecule has 5 heterocycles. The van der Waals surface area contributed by atoms with E-state index in [1.807, 2.05) is 36.4 Å². The lowest BCUT2D eigenvalue weighted by Gasteiger charge is -2.16. The zero-order valence-corrected chi connectivity index (χ0v) is 51.2. The third-order valence-electron chi connectivity index (χ3n) is 18.7. The minimum absolute atomic E-state index is 0.724. The van der Waals surface area contributed by atoms with Gasteiger partial charge in [0.25, 0.3) is 0 Å². The number of para-hydroxylation sites is 8. The molecular weight excluding hydrogens is 1140 g/mol. The summed E-state index contributed by atoms with van der Waals surface area (Å²) in [7, 11) is 0. The molecule has 0 aliphatic carbocycles. The Bertz CT molecular complexity index is 5670. The quantitative estimate of drug-likeness (QED) is 0.145. The molecule has 440 valence electrons. The van der Waals surface area contributed by atoms with Crippen LogP contribution in [-0.4, -0.2) is 28.2 Å². The molecule has 19 aromatic rings. The van der Waals surface area contributed by atoms with Crippen LogP contribution >= 0.6 is 0 Å². The van der Waals surface area contributed by atoms with Crippen LogP contribution in [-0.2, 0) is 0 Å². The third kappa shape index (κ3) is 9.26. The van der Waals surface area contributed by atoms with Crippen LogP contribution in [0.5, 0.6) is 0 Å². The topological polar surface area (TPSA) is 45.5 Å². The molecule has 19 rings (SSSR count). The van der Waals surface area contributed by atoms with Crippen molar-refractivity contribution in [1.82, 2.24) is 28.2 Å². The van der Waals surface area contributed by atoms with Crippen molar-refractivity contribution in [2.75, 3.05) is 0 Å². The number of hydrogen-bond donors (Lipinski definition) is 0. The Hall–Kier alpha value is -12.6. The largest absolute Gasteiger partial charge is 0.309 e. The third-order valence-corrected chi connectivity index (χ3v) is 18.7. The standard InChI is InChI=1S/C48H31N3.C40H27N3/c1-7-19-43-37(13-1)38-14-2-8-20-44(38)49(43)34-27-25-32(26-28-34)33-29-35(50-45-21-9-3-15-39(45)40-16-4-10-22-46(40)50)31-36(30-33)51-47-23-11-5-17-41(47)42-18-6-12-24-48(42)51;1-3-11-30(12-4-1)36-27-37(42-40(41-36)32-13-5-2-6-14-32)31-21-19-28(20-22-31)29-23-25-33(26-24-29)43-38-17-9-7-15-34(38)35-16-8-10-18-39(35)43/h1-31H;1-27H. The van der Waals surface area contributed by atoms with E-state index in [0.717, 1.165) is 62.2 Å². The summed E-state index contributed by atoms with van der Waals surface area (Å²) < 4.78 is 9.59. The van der Waals surface area contributed by atoms with Crippen LogP contribution in [0.1, 0.15) is 0 Å². The average Bonchev–Trinajstić information content (AvgIpc) is 1.77. The van der Waals surface area contributed by atoms with Gasteiger partial charge in [0.2, 0.25) is 0 Å². The molecule has 0 N–H and O–H groups in total. The van der Waals surface area contributed by atoms with E-state index in [1.54, 1.807) is 0 Å². The number of benzene rings is 14. The molecule has 6 nitrogen and oxygen atoms in total. The monoisotopic (exact) mass is 1200 g/mol. The summed E-state index contributed by atoms with van der Waals surface area (Å²) in [4.78, 5) is 9.90. The van der Waals surface area contributed by atoms with Crippen molar-refractivity contribution in [2.45, 2.75) is 0 Å².